The van der Waals surface area contributed by atoms with Crippen LogP contribution in [0.4, 0.5) is 0 Å². The van der Waals surface area contributed by atoms with E-state index in [0.29, 0.717) is 6.42 Å². The van der Waals surface area contributed by atoms with Crippen LogP contribution in [-0.2, 0) is 19.1 Å². The molecule has 7 heteroatoms. The molecule has 0 aromatic rings. The highest BCUT2D eigenvalue weighted by molar-refractivity contribution is 5.76. The summed E-state index contributed by atoms with van der Waals surface area (Å²) in [5, 5.41) is 24.0. The highest BCUT2D eigenvalue weighted by Crippen LogP contribution is 2.25. The van der Waals surface area contributed by atoms with E-state index >= 15 is 0 Å². The van der Waals surface area contributed by atoms with Crippen molar-refractivity contribution < 1.29 is 29.3 Å². The molecule has 1 rings (SSSR count). The molecule has 1 heterocycles. The summed E-state index contributed by atoms with van der Waals surface area (Å²) in [6.45, 7) is 6.51. The average Bonchev–Trinajstić information content (AvgIpc) is 3.15. The molecule has 0 bridgehead atoms. The van der Waals surface area contributed by atoms with Gasteiger partial charge in [0.05, 0.1) is 25.2 Å². The van der Waals surface area contributed by atoms with E-state index in [1.54, 1.807) is 0 Å². The van der Waals surface area contributed by atoms with Gasteiger partial charge in [0.2, 0.25) is 5.91 Å². The number of carbonyl (C=O) groups excluding carboxylic acids is 2. The highest BCUT2D eigenvalue weighted by atomic mass is 16.6. The number of aliphatic hydroxyl groups is 2. The Hall–Kier alpha value is -1.18. The number of hydrogen-bond donors (Lipinski definition) is 3. The first kappa shape index (κ1) is 49.8. The van der Waals surface area contributed by atoms with Gasteiger partial charge < -0.3 is 25.0 Å². The second-order valence-corrected chi connectivity index (χ2v) is 16.5. The summed E-state index contributed by atoms with van der Waals surface area (Å²) in [6, 6.07) is -0.632. The zero-order chi connectivity index (χ0) is 38.6. The van der Waals surface area contributed by atoms with Crippen LogP contribution in [0.2, 0.25) is 0 Å². The van der Waals surface area contributed by atoms with Crippen LogP contribution in [0.15, 0.2) is 0 Å². The minimum atomic E-state index is -1.19. The van der Waals surface area contributed by atoms with E-state index in [1.165, 1.54) is 154 Å². The Morgan fingerprint density at radius 2 is 0.943 bits per heavy atom. The van der Waals surface area contributed by atoms with Crippen LogP contribution < -0.4 is 5.32 Å². The molecule has 1 saturated heterocycles. The van der Waals surface area contributed by atoms with Gasteiger partial charge in [0.1, 0.15) is 12.2 Å². The van der Waals surface area contributed by atoms with E-state index in [9.17, 15) is 19.8 Å². The van der Waals surface area contributed by atoms with Crippen LogP contribution in [-0.4, -0.2) is 59.7 Å². The van der Waals surface area contributed by atoms with Gasteiger partial charge in [-0.2, -0.15) is 0 Å². The topological polar surface area (TPSA) is 105 Å². The Labute approximate surface area is 328 Å². The molecule has 0 unspecified atom stereocenters. The van der Waals surface area contributed by atoms with Crippen LogP contribution >= 0.6 is 0 Å². The highest BCUT2D eigenvalue weighted by Gasteiger charge is 2.43. The number of amides is 1. The van der Waals surface area contributed by atoms with Gasteiger partial charge in [-0.05, 0) is 19.3 Å². The van der Waals surface area contributed by atoms with Crippen LogP contribution in [0.5, 0.6) is 0 Å². The van der Waals surface area contributed by atoms with Gasteiger partial charge in [0, 0.05) is 6.42 Å². The lowest BCUT2D eigenvalue weighted by molar-refractivity contribution is -0.194. The van der Waals surface area contributed by atoms with Crippen molar-refractivity contribution in [1.29, 1.82) is 0 Å². The smallest absolute Gasteiger partial charge is 0.309 e. The Balaban J connectivity index is 2.61. The molecular weight excluding hydrogens is 663 g/mol. The van der Waals surface area contributed by atoms with Crippen molar-refractivity contribution >= 4 is 11.9 Å². The third-order valence-electron chi connectivity index (χ3n) is 11.5. The van der Waals surface area contributed by atoms with Crippen molar-refractivity contribution in [3.8, 4) is 0 Å². The molecule has 1 fully saturated rings. The summed E-state index contributed by atoms with van der Waals surface area (Å²) >= 11 is 0. The summed E-state index contributed by atoms with van der Waals surface area (Å²) in [4.78, 5) is 26.8. The van der Waals surface area contributed by atoms with Crippen molar-refractivity contribution in [2.75, 3.05) is 13.2 Å². The maximum absolute atomic E-state index is 13.8. The zero-order valence-electron chi connectivity index (χ0n) is 35.4. The van der Waals surface area contributed by atoms with Crippen molar-refractivity contribution in [3.63, 3.8) is 0 Å². The second-order valence-electron chi connectivity index (χ2n) is 16.5. The van der Waals surface area contributed by atoms with Crippen molar-refractivity contribution in [2.45, 2.75) is 263 Å². The Kier molecular flexibility index (Phi) is 34.3. The third kappa shape index (κ3) is 27.1. The minimum Gasteiger partial charge on any atom is -0.457 e. The summed E-state index contributed by atoms with van der Waals surface area (Å²) in [7, 11) is 0. The Bertz CT molecular complexity index is 800. The van der Waals surface area contributed by atoms with Gasteiger partial charge in [0.25, 0.3) is 0 Å². The largest absolute Gasteiger partial charge is 0.457 e. The fraction of sp³-hybridized carbons (Fsp3) is 0.957. The number of rotatable bonds is 38. The summed E-state index contributed by atoms with van der Waals surface area (Å²) < 4.78 is 11.8. The standard InChI is InChI=1S/C46H89NO6/c1-4-7-10-13-16-19-22-25-28-31-34-37-43(49)47-41-39-52-42(38-48)44(50)45(41)53-46(51)40(35-32-29-26-23-20-17-14-11-8-5-2)36-33-30-27-24-21-18-15-12-9-6-3/h40-42,44-45,48,50H,4-39H2,1-3H3,(H,47,49)/t41-,42+,44+,45+/m0/s1. The molecule has 0 spiro atoms. The SMILES string of the molecule is CCCCCCCCCCCCCC(=O)N[C@H]1CO[C@H](CO)[C@@H](O)[C@@H]1OC(=O)C(CCCCCCCCCCCC)CCCCCCCCCCCC. The monoisotopic (exact) mass is 752 g/mol. The molecule has 1 aliphatic heterocycles. The molecule has 53 heavy (non-hydrogen) atoms. The van der Waals surface area contributed by atoms with Crippen LogP contribution in [0.1, 0.15) is 239 Å². The molecular formula is C46H89NO6. The van der Waals surface area contributed by atoms with E-state index in [4.69, 9.17) is 9.47 Å². The van der Waals surface area contributed by atoms with Gasteiger partial charge in [0.15, 0.2) is 6.10 Å². The summed E-state index contributed by atoms with van der Waals surface area (Å²) in [5.41, 5.74) is 0. The molecule has 0 aromatic heterocycles. The van der Waals surface area contributed by atoms with Crippen molar-refractivity contribution in [1.82, 2.24) is 5.32 Å². The van der Waals surface area contributed by atoms with Gasteiger partial charge in [-0.3, -0.25) is 9.59 Å². The van der Waals surface area contributed by atoms with Gasteiger partial charge in [-0.1, -0.05) is 213 Å². The Morgan fingerprint density at radius 1 is 0.585 bits per heavy atom. The molecule has 1 aliphatic rings. The maximum Gasteiger partial charge on any atom is 0.309 e. The van der Waals surface area contributed by atoms with Crippen molar-refractivity contribution in [3.05, 3.63) is 0 Å². The number of hydrogen-bond acceptors (Lipinski definition) is 6. The first-order valence-corrected chi connectivity index (χ1v) is 23.4. The third-order valence-corrected chi connectivity index (χ3v) is 11.5. The van der Waals surface area contributed by atoms with Gasteiger partial charge in [-0.25, -0.2) is 0 Å². The van der Waals surface area contributed by atoms with E-state index in [2.05, 4.69) is 26.1 Å². The molecule has 0 aliphatic carbocycles. The number of unbranched alkanes of at least 4 members (excludes halogenated alkanes) is 28. The fourth-order valence-electron chi connectivity index (χ4n) is 7.90. The van der Waals surface area contributed by atoms with Gasteiger partial charge >= 0.3 is 5.97 Å². The number of carbonyl (C=O) groups is 2. The molecule has 0 saturated carbocycles. The zero-order valence-corrected chi connectivity index (χ0v) is 35.4. The lowest BCUT2D eigenvalue weighted by Crippen LogP contribution is -2.61. The van der Waals surface area contributed by atoms with E-state index < -0.39 is 24.4 Å². The maximum atomic E-state index is 13.8. The molecule has 314 valence electrons. The number of esters is 1. The van der Waals surface area contributed by atoms with Crippen molar-refractivity contribution in [2.24, 2.45) is 5.92 Å². The summed E-state index contributed by atoms with van der Waals surface area (Å²) in [6.07, 6.45) is 37.6. The Morgan fingerprint density at radius 3 is 1.32 bits per heavy atom. The lowest BCUT2D eigenvalue weighted by atomic mass is 9.93. The first-order valence-electron chi connectivity index (χ1n) is 23.4. The van der Waals surface area contributed by atoms with E-state index in [1.807, 2.05) is 0 Å². The predicted octanol–water partition coefficient (Wildman–Crippen LogP) is 12.1. The quantitative estimate of drug-likeness (QED) is 0.0428. The lowest BCUT2D eigenvalue weighted by Gasteiger charge is -2.39. The number of nitrogens with one attached hydrogen (secondary N) is 1. The average molecular weight is 752 g/mol. The molecule has 0 aromatic carbocycles. The summed E-state index contributed by atoms with van der Waals surface area (Å²) in [5.74, 6) is -0.588. The van der Waals surface area contributed by atoms with E-state index in [0.717, 1.165) is 57.8 Å². The van der Waals surface area contributed by atoms with Gasteiger partial charge in [-0.15, -0.1) is 0 Å². The fourth-order valence-corrected chi connectivity index (χ4v) is 7.90. The van der Waals surface area contributed by atoms with Crippen LogP contribution in [0.3, 0.4) is 0 Å². The molecule has 1 amide bonds. The first-order chi connectivity index (χ1) is 26.0. The van der Waals surface area contributed by atoms with Crippen LogP contribution in [0, 0.1) is 5.92 Å². The minimum absolute atomic E-state index is 0.0995. The number of ether oxygens (including phenoxy) is 2. The number of aliphatic hydroxyl groups excluding tert-OH is 2. The molecule has 0 radical (unpaired) electrons. The van der Waals surface area contributed by atoms with Crippen LogP contribution in [0.25, 0.3) is 0 Å². The molecule has 3 N–H and O–H groups in total. The van der Waals surface area contributed by atoms with E-state index in [-0.39, 0.29) is 31.0 Å². The predicted molar refractivity (Wildman–Crippen MR) is 222 cm³/mol. The molecule has 7 nitrogen and oxygen atoms in total. The normalized spacial score (nSPS) is 18.8. The second kappa shape index (κ2) is 36.5. The molecule has 4 atom stereocenters.